The van der Waals surface area contributed by atoms with Crippen LogP contribution in [0.1, 0.15) is 47.4 Å². The first-order valence-electron chi connectivity index (χ1n) is 9.89. The van der Waals surface area contributed by atoms with Crippen LogP contribution in [0, 0.1) is 19.8 Å². The van der Waals surface area contributed by atoms with Crippen molar-refractivity contribution in [2.45, 2.75) is 45.1 Å². The van der Waals surface area contributed by atoms with Crippen molar-refractivity contribution in [1.29, 1.82) is 0 Å². The first-order chi connectivity index (χ1) is 13.7. The molecule has 2 heterocycles. The largest absolute Gasteiger partial charge is 0.339 e. The van der Waals surface area contributed by atoms with Crippen LogP contribution >= 0.6 is 0 Å². The molecule has 3 atom stereocenters. The smallest absolute Gasteiger partial charge is 0.253 e. The van der Waals surface area contributed by atoms with Gasteiger partial charge in [-0.1, -0.05) is 22.9 Å². The number of carbonyl (C=O) groups is 1. The van der Waals surface area contributed by atoms with E-state index in [2.05, 4.69) is 14.9 Å². The monoisotopic (exact) mass is 418 g/mol. The number of nitrogens with zero attached hydrogens (tertiary/aromatic N) is 3. The number of aryl methyl sites for hydroxylation is 2. The molecule has 156 valence electrons. The van der Waals surface area contributed by atoms with Crippen molar-refractivity contribution >= 4 is 15.9 Å². The van der Waals surface area contributed by atoms with Gasteiger partial charge in [0, 0.05) is 24.7 Å². The topological polar surface area (TPSA) is 105 Å². The average molecular weight is 419 g/mol. The molecular weight excluding hydrogens is 392 g/mol. The molecule has 1 saturated carbocycles. The van der Waals surface area contributed by atoms with Gasteiger partial charge in [0.1, 0.15) is 0 Å². The number of amides is 1. The molecule has 2 aliphatic rings. The molecule has 2 fully saturated rings. The van der Waals surface area contributed by atoms with Gasteiger partial charge in [-0.05, 0) is 51.7 Å². The standard InChI is InChI=1S/C20H26N4O4S/c1-4-29(26,27)23-17-9-16-11-24(18(25)15-7-5-6-13(2)8-15)12-20(16,10-17)19-21-14(3)22-28-19/h5-8,16-17,23H,4,9-12H2,1-3H3/t16?,17-,20+/m1/s1. The summed E-state index contributed by atoms with van der Waals surface area (Å²) in [5.74, 6) is 1.11. The molecule has 0 radical (unpaired) electrons. The Balaban J connectivity index is 1.62. The van der Waals surface area contributed by atoms with E-state index in [0.29, 0.717) is 43.2 Å². The number of likely N-dealkylation sites (tertiary alicyclic amines) is 1. The molecule has 1 aromatic carbocycles. The number of fused-ring (bicyclic) bond motifs is 1. The Kier molecular flexibility index (Phi) is 4.98. The van der Waals surface area contributed by atoms with E-state index < -0.39 is 15.4 Å². The quantitative estimate of drug-likeness (QED) is 0.794. The van der Waals surface area contributed by atoms with Crippen molar-refractivity contribution in [3.8, 4) is 0 Å². The first kappa shape index (κ1) is 20.0. The minimum Gasteiger partial charge on any atom is -0.339 e. The predicted molar refractivity (Wildman–Crippen MR) is 107 cm³/mol. The normalized spacial score (nSPS) is 26.7. The SMILES string of the molecule is CCS(=O)(=O)N[C@@H]1CC2CN(C(=O)c3cccc(C)c3)C[C@@]2(c2nc(C)no2)C1. The predicted octanol–water partition coefficient (Wildman–Crippen LogP) is 1.80. The molecule has 9 heteroatoms. The third-order valence-electron chi connectivity index (χ3n) is 6.11. The zero-order valence-corrected chi connectivity index (χ0v) is 17.7. The summed E-state index contributed by atoms with van der Waals surface area (Å²) in [7, 11) is -3.31. The number of nitrogens with one attached hydrogen (secondary N) is 1. The van der Waals surface area contributed by atoms with Gasteiger partial charge < -0.3 is 9.42 Å². The molecule has 1 aromatic heterocycles. The highest BCUT2D eigenvalue weighted by Gasteiger charge is 2.58. The fourth-order valence-corrected chi connectivity index (χ4v) is 5.60. The summed E-state index contributed by atoms with van der Waals surface area (Å²) in [6.45, 7) is 6.32. The molecule has 1 amide bonds. The van der Waals surface area contributed by atoms with E-state index in [-0.39, 0.29) is 23.6 Å². The van der Waals surface area contributed by atoms with Crippen molar-refractivity contribution in [1.82, 2.24) is 19.8 Å². The third kappa shape index (κ3) is 3.69. The van der Waals surface area contributed by atoms with Crippen LogP contribution in [-0.4, -0.2) is 54.2 Å². The van der Waals surface area contributed by atoms with Gasteiger partial charge in [0.05, 0.1) is 11.2 Å². The Labute approximate surface area is 170 Å². The van der Waals surface area contributed by atoms with Crippen LogP contribution in [0.25, 0.3) is 0 Å². The number of hydrogen-bond acceptors (Lipinski definition) is 6. The third-order valence-corrected chi connectivity index (χ3v) is 7.56. The van der Waals surface area contributed by atoms with Crippen LogP contribution in [0.2, 0.25) is 0 Å². The lowest BCUT2D eigenvalue weighted by atomic mass is 9.80. The Morgan fingerprint density at radius 2 is 2.17 bits per heavy atom. The molecule has 0 spiro atoms. The maximum absolute atomic E-state index is 13.1. The Hall–Kier alpha value is -2.26. The highest BCUT2D eigenvalue weighted by atomic mass is 32.2. The fraction of sp³-hybridized carbons (Fsp3) is 0.550. The van der Waals surface area contributed by atoms with Gasteiger partial charge in [-0.2, -0.15) is 4.98 Å². The summed E-state index contributed by atoms with van der Waals surface area (Å²) in [4.78, 5) is 19.4. The zero-order chi connectivity index (χ0) is 20.8. The maximum atomic E-state index is 13.1. The highest BCUT2D eigenvalue weighted by molar-refractivity contribution is 7.89. The fourth-order valence-electron chi connectivity index (χ4n) is 4.74. The number of sulfonamides is 1. The molecule has 4 rings (SSSR count). The number of benzene rings is 1. The zero-order valence-electron chi connectivity index (χ0n) is 16.9. The van der Waals surface area contributed by atoms with Gasteiger partial charge >= 0.3 is 0 Å². The van der Waals surface area contributed by atoms with Gasteiger partial charge in [0.2, 0.25) is 15.9 Å². The lowest BCUT2D eigenvalue weighted by molar-refractivity contribution is 0.0773. The summed E-state index contributed by atoms with van der Waals surface area (Å²) in [6, 6.07) is 7.35. The molecule has 1 aliphatic carbocycles. The number of carbonyl (C=O) groups excluding carboxylic acids is 1. The molecule has 1 saturated heterocycles. The lowest BCUT2D eigenvalue weighted by Crippen LogP contribution is -2.40. The van der Waals surface area contributed by atoms with Crippen LogP contribution in [0.5, 0.6) is 0 Å². The van der Waals surface area contributed by atoms with E-state index in [0.717, 1.165) is 5.56 Å². The van der Waals surface area contributed by atoms with Crippen LogP contribution in [0.3, 0.4) is 0 Å². The van der Waals surface area contributed by atoms with E-state index in [4.69, 9.17) is 4.52 Å². The number of hydrogen-bond donors (Lipinski definition) is 1. The summed E-state index contributed by atoms with van der Waals surface area (Å²) < 4.78 is 32.5. The van der Waals surface area contributed by atoms with E-state index in [1.54, 1.807) is 13.8 Å². The number of rotatable bonds is 5. The van der Waals surface area contributed by atoms with Crippen molar-refractivity contribution in [3.05, 3.63) is 47.1 Å². The van der Waals surface area contributed by atoms with Gasteiger partial charge in [0.15, 0.2) is 5.82 Å². The summed E-state index contributed by atoms with van der Waals surface area (Å²) in [6.07, 6.45) is 1.17. The highest BCUT2D eigenvalue weighted by Crippen LogP contribution is 2.50. The van der Waals surface area contributed by atoms with Gasteiger partial charge in [-0.15, -0.1) is 0 Å². The summed E-state index contributed by atoms with van der Waals surface area (Å²) in [5, 5.41) is 3.94. The summed E-state index contributed by atoms with van der Waals surface area (Å²) >= 11 is 0. The second-order valence-corrected chi connectivity index (χ2v) is 10.3. The van der Waals surface area contributed by atoms with Gasteiger partial charge in [0.25, 0.3) is 5.91 Å². The van der Waals surface area contributed by atoms with Crippen LogP contribution in [0.4, 0.5) is 0 Å². The summed E-state index contributed by atoms with van der Waals surface area (Å²) in [5.41, 5.74) is 1.17. The minimum atomic E-state index is -3.31. The Morgan fingerprint density at radius 1 is 1.38 bits per heavy atom. The number of aromatic nitrogens is 2. The molecule has 1 aliphatic heterocycles. The van der Waals surface area contributed by atoms with E-state index in [1.807, 2.05) is 36.1 Å². The lowest BCUT2D eigenvalue weighted by Gasteiger charge is -2.25. The van der Waals surface area contributed by atoms with Crippen LogP contribution in [-0.2, 0) is 15.4 Å². The van der Waals surface area contributed by atoms with Gasteiger partial charge in [-0.25, -0.2) is 13.1 Å². The van der Waals surface area contributed by atoms with Crippen molar-refractivity contribution < 1.29 is 17.7 Å². The second-order valence-electron chi connectivity index (χ2n) is 8.21. The molecule has 1 unspecified atom stereocenters. The Bertz CT molecular complexity index is 1030. The van der Waals surface area contributed by atoms with Crippen molar-refractivity contribution in [2.24, 2.45) is 5.92 Å². The van der Waals surface area contributed by atoms with E-state index in [1.165, 1.54) is 0 Å². The van der Waals surface area contributed by atoms with Gasteiger partial charge in [-0.3, -0.25) is 4.79 Å². The van der Waals surface area contributed by atoms with Crippen LogP contribution < -0.4 is 4.72 Å². The first-order valence-corrected chi connectivity index (χ1v) is 11.5. The van der Waals surface area contributed by atoms with Crippen molar-refractivity contribution in [2.75, 3.05) is 18.8 Å². The molecule has 8 nitrogen and oxygen atoms in total. The molecule has 1 N–H and O–H groups in total. The van der Waals surface area contributed by atoms with Crippen LogP contribution in [0.15, 0.2) is 28.8 Å². The average Bonchev–Trinajstić information content (AvgIpc) is 3.33. The molecule has 29 heavy (non-hydrogen) atoms. The van der Waals surface area contributed by atoms with E-state index in [9.17, 15) is 13.2 Å². The van der Waals surface area contributed by atoms with E-state index >= 15 is 0 Å². The molecule has 0 bridgehead atoms. The molecule has 2 aromatic rings. The second kappa shape index (κ2) is 7.21. The minimum absolute atomic E-state index is 0.0237. The Morgan fingerprint density at radius 3 is 2.83 bits per heavy atom. The maximum Gasteiger partial charge on any atom is 0.253 e. The van der Waals surface area contributed by atoms with Crippen molar-refractivity contribution in [3.63, 3.8) is 0 Å². The molecular formula is C20H26N4O4S.